The van der Waals surface area contributed by atoms with Crippen LogP contribution < -0.4 is 5.32 Å². The van der Waals surface area contributed by atoms with Gasteiger partial charge < -0.3 is 5.32 Å². The molecule has 0 saturated carbocycles. The average molecular weight is 350 g/mol. The van der Waals surface area contributed by atoms with Gasteiger partial charge in [0.2, 0.25) is 11.6 Å². The van der Waals surface area contributed by atoms with Crippen LogP contribution in [0.1, 0.15) is 27.4 Å². The number of aryl methyl sites for hydroxylation is 2. The van der Waals surface area contributed by atoms with E-state index in [9.17, 15) is 9.18 Å². The van der Waals surface area contributed by atoms with Crippen molar-refractivity contribution < 1.29 is 9.18 Å². The third-order valence-corrected chi connectivity index (χ3v) is 3.97. The lowest BCUT2D eigenvalue weighted by atomic mass is 10.1. The number of nitrogens with zero attached hydrogens (tertiary/aromatic N) is 4. The van der Waals surface area contributed by atoms with Gasteiger partial charge in [-0.2, -0.15) is 5.10 Å². The zero-order chi connectivity index (χ0) is 18.3. The normalized spacial score (nSPS) is 11.0. The van der Waals surface area contributed by atoms with Crippen molar-refractivity contribution in [3.63, 3.8) is 0 Å². The first kappa shape index (κ1) is 15.9. The number of H-pyrrole nitrogens is 1. The summed E-state index contributed by atoms with van der Waals surface area (Å²) in [5.41, 5.74) is 2.32. The minimum Gasteiger partial charge on any atom is -0.322 e. The van der Waals surface area contributed by atoms with Gasteiger partial charge in [0, 0.05) is 23.5 Å². The summed E-state index contributed by atoms with van der Waals surface area (Å²) in [7, 11) is 0. The quantitative estimate of drug-likeness (QED) is 0.552. The van der Waals surface area contributed by atoms with Crippen molar-refractivity contribution in [2.75, 3.05) is 5.32 Å². The molecule has 0 saturated heterocycles. The summed E-state index contributed by atoms with van der Waals surface area (Å²) in [6.45, 7) is 3.49. The van der Waals surface area contributed by atoms with Gasteiger partial charge in [0.1, 0.15) is 11.3 Å². The largest absolute Gasteiger partial charge is 0.322 e. The number of benzene rings is 1. The standard InChI is InChI=1S/C18H15FN6O/c1-10-8-12(5-6-13(10)19)16(26)18-21-17(14-4-3-7-25(14)24-18)20-15-9-11(2)22-23-15/h3-9H,1-2H3,(H2,20,21,22,23,24). The molecule has 4 rings (SSSR count). The van der Waals surface area contributed by atoms with Gasteiger partial charge in [0.25, 0.3) is 0 Å². The Hall–Kier alpha value is -3.55. The number of nitrogens with one attached hydrogen (secondary N) is 2. The van der Waals surface area contributed by atoms with Gasteiger partial charge in [-0.1, -0.05) is 0 Å². The van der Waals surface area contributed by atoms with Gasteiger partial charge in [-0.3, -0.25) is 9.89 Å². The molecule has 0 unspecified atom stereocenters. The minimum atomic E-state index is -0.384. The number of hydrogen-bond donors (Lipinski definition) is 2. The van der Waals surface area contributed by atoms with Crippen LogP contribution in [0.4, 0.5) is 16.0 Å². The van der Waals surface area contributed by atoms with E-state index in [1.165, 1.54) is 18.2 Å². The Labute approximate surface area is 147 Å². The number of fused-ring (bicyclic) bond motifs is 1. The summed E-state index contributed by atoms with van der Waals surface area (Å²) >= 11 is 0. The first-order chi connectivity index (χ1) is 12.5. The zero-order valence-corrected chi connectivity index (χ0v) is 14.1. The molecule has 4 aromatic rings. The van der Waals surface area contributed by atoms with Crippen LogP contribution in [0.5, 0.6) is 0 Å². The molecular weight excluding hydrogens is 335 g/mol. The second kappa shape index (κ2) is 6.07. The summed E-state index contributed by atoms with van der Waals surface area (Å²) in [6, 6.07) is 9.65. The summed E-state index contributed by atoms with van der Waals surface area (Å²) < 4.78 is 15.0. The van der Waals surface area contributed by atoms with Crippen LogP contribution in [0.25, 0.3) is 5.52 Å². The molecule has 0 amide bonds. The van der Waals surface area contributed by atoms with E-state index < -0.39 is 0 Å². The molecule has 3 heterocycles. The van der Waals surface area contributed by atoms with E-state index in [4.69, 9.17) is 0 Å². The number of halogens is 1. The van der Waals surface area contributed by atoms with Crippen LogP contribution in [0.3, 0.4) is 0 Å². The minimum absolute atomic E-state index is 0.00876. The number of carbonyl (C=O) groups is 1. The second-order valence-corrected chi connectivity index (χ2v) is 5.98. The number of rotatable bonds is 4. The predicted octanol–water partition coefficient (Wildman–Crippen LogP) is 3.18. The first-order valence-corrected chi connectivity index (χ1v) is 7.96. The fraction of sp³-hybridized carbons (Fsp3) is 0.111. The number of aromatic amines is 1. The Morgan fingerprint density at radius 1 is 1.23 bits per heavy atom. The fourth-order valence-corrected chi connectivity index (χ4v) is 2.64. The van der Waals surface area contributed by atoms with Crippen LogP contribution >= 0.6 is 0 Å². The van der Waals surface area contributed by atoms with Gasteiger partial charge in [-0.05, 0) is 49.7 Å². The maximum absolute atomic E-state index is 13.5. The summed E-state index contributed by atoms with van der Waals surface area (Å²) in [6.07, 6.45) is 1.73. The van der Waals surface area contributed by atoms with Gasteiger partial charge in [-0.25, -0.2) is 13.9 Å². The molecule has 0 fully saturated rings. The Morgan fingerprint density at radius 3 is 2.81 bits per heavy atom. The lowest BCUT2D eigenvalue weighted by Crippen LogP contribution is -2.12. The lowest BCUT2D eigenvalue weighted by molar-refractivity contribution is 0.102. The molecule has 130 valence electrons. The van der Waals surface area contributed by atoms with Crippen molar-refractivity contribution in [1.29, 1.82) is 0 Å². The Balaban J connectivity index is 1.77. The zero-order valence-electron chi connectivity index (χ0n) is 14.1. The van der Waals surface area contributed by atoms with Gasteiger partial charge in [0.15, 0.2) is 11.6 Å². The predicted molar refractivity (Wildman–Crippen MR) is 94.2 cm³/mol. The number of hydrogen-bond acceptors (Lipinski definition) is 5. The molecular formula is C18H15FN6O. The lowest BCUT2D eigenvalue weighted by Gasteiger charge is -2.08. The topological polar surface area (TPSA) is 88.0 Å². The molecule has 3 aromatic heterocycles. The van der Waals surface area contributed by atoms with E-state index in [1.807, 2.05) is 19.1 Å². The first-order valence-electron chi connectivity index (χ1n) is 7.96. The molecule has 8 heteroatoms. The Bertz CT molecular complexity index is 1130. The molecule has 0 spiro atoms. The van der Waals surface area contributed by atoms with Crippen LogP contribution in [0.2, 0.25) is 0 Å². The number of aromatic nitrogens is 5. The molecule has 2 N–H and O–H groups in total. The number of carbonyl (C=O) groups excluding carboxylic acids is 1. The van der Waals surface area contributed by atoms with Crippen LogP contribution in [-0.4, -0.2) is 30.6 Å². The molecule has 7 nitrogen and oxygen atoms in total. The highest BCUT2D eigenvalue weighted by atomic mass is 19.1. The molecule has 0 aliphatic rings. The highest BCUT2D eigenvalue weighted by molar-refractivity contribution is 6.06. The third-order valence-electron chi connectivity index (χ3n) is 3.97. The van der Waals surface area contributed by atoms with E-state index in [0.717, 1.165) is 5.69 Å². The Kier molecular flexibility index (Phi) is 3.72. The molecule has 0 aliphatic heterocycles. The van der Waals surface area contributed by atoms with Crippen molar-refractivity contribution in [1.82, 2.24) is 24.8 Å². The number of anilines is 2. The Morgan fingerprint density at radius 2 is 2.08 bits per heavy atom. The summed E-state index contributed by atoms with van der Waals surface area (Å²) in [5, 5.41) is 14.3. The molecule has 0 atom stereocenters. The number of ketones is 1. The average Bonchev–Trinajstić information content (AvgIpc) is 3.25. The smallest absolute Gasteiger partial charge is 0.232 e. The SMILES string of the molecule is Cc1cc(Nc2nc(C(=O)c3ccc(F)c(C)c3)nn3cccc23)n[nH]1. The summed E-state index contributed by atoms with van der Waals surface area (Å²) in [4.78, 5) is 17.1. The van der Waals surface area contributed by atoms with E-state index in [1.54, 1.807) is 23.7 Å². The summed E-state index contributed by atoms with van der Waals surface area (Å²) in [5.74, 6) is 0.304. The highest BCUT2D eigenvalue weighted by Crippen LogP contribution is 2.20. The fourth-order valence-electron chi connectivity index (χ4n) is 2.64. The van der Waals surface area contributed by atoms with E-state index in [0.29, 0.717) is 28.3 Å². The highest BCUT2D eigenvalue weighted by Gasteiger charge is 2.17. The van der Waals surface area contributed by atoms with Crippen molar-refractivity contribution in [3.8, 4) is 0 Å². The van der Waals surface area contributed by atoms with Crippen molar-refractivity contribution in [2.45, 2.75) is 13.8 Å². The van der Waals surface area contributed by atoms with Crippen LogP contribution in [0, 0.1) is 19.7 Å². The monoisotopic (exact) mass is 350 g/mol. The van der Waals surface area contributed by atoms with Crippen molar-refractivity contribution >= 4 is 22.9 Å². The van der Waals surface area contributed by atoms with E-state index >= 15 is 0 Å². The van der Waals surface area contributed by atoms with E-state index in [2.05, 4.69) is 25.6 Å². The third kappa shape index (κ3) is 2.81. The van der Waals surface area contributed by atoms with Crippen LogP contribution in [0.15, 0.2) is 42.6 Å². The maximum Gasteiger partial charge on any atom is 0.232 e. The second-order valence-electron chi connectivity index (χ2n) is 5.98. The van der Waals surface area contributed by atoms with Gasteiger partial charge >= 0.3 is 0 Å². The molecule has 0 aliphatic carbocycles. The van der Waals surface area contributed by atoms with Crippen molar-refractivity contribution in [2.24, 2.45) is 0 Å². The molecule has 0 bridgehead atoms. The van der Waals surface area contributed by atoms with E-state index in [-0.39, 0.29) is 17.4 Å². The maximum atomic E-state index is 13.5. The molecule has 0 radical (unpaired) electrons. The van der Waals surface area contributed by atoms with Gasteiger partial charge in [-0.15, -0.1) is 5.10 Å². The van der Waals surface area contributed by atoms with Crippen LogP contribution in [-0.2, 0) is 0 Å². The van der Waals surface area contributed by atoms with Crippen molar-refractivity contribution in [3.05, 3.63) is 71.1 Å². The van der Waals surface area contributed by atoms with Gasteiger partial charge in [0.05, 0.1) is 0 Å². The molecule has 26 heavy (non-hydrogen) atoms. The molecule has 1 aromatic carbocycles.